The normalized spacial score (nSPS) is 12.1. The van der Waals surface area contributed by atoms with Gasteiger partial charge in [0.05, 0.1) is 11.3 Å². The Balaban J connectivity index is 2.73. The summed E-state index contributed by atoms with van der Waals surface area (Å²) < 4.78 is 0.533. The van der Waals surface area contributed by atoms with Gasteiger partial charge in [0, 0.05) is 10.5 Å². The Morgan fingerprint density at radius 2 is 2.00 bits per heavy atom. The second kappa shape index (κ2) is 7.28. The molecular formula is C14H19BrN2O3. The van der Waals surface area contributed by atoms with Gasteiger partial charge >= 0.3 is 12.0 Å². The molecule has 0 radical (unpaired) electrons. The van der Waals surface area contributed by atoms with Crippen LogP contribution in [0.5, 0.6) is 0 Å². The van der Waals surface area contributed by atoms with Crippen LogP contribution in [0.1, 0.15) is 37.6 Å². The lowest BCUT2D eigenvalue weighted by Crippen LogP contribution is -2.40. The maximum absolute atomic E-state index is 11.9. The number of carboxylic acid groups (broad SMARTS) is 1. The number of rotatable bonds is 5. The molecule has 1 atom stereocenters. The van der Waals surface area contributed by atoms with E-state index < -0.39 is 5.97 Å². The van der Waals surface area contributed by atoms with Crippen LogP contribution in [-0.4, -0.2) is 23.1 Å². The summed E-state index contributed by atoms with van der Waals surface area (Å²) in [7, 11) is 0. The van der Waals surface area contributed by atoms with Gasteiger partial charge in [-0.15, -0.1) is 0 Å². The second-order valence-electron chi connectivity index (χ2n) is 4.86. The van der Waals surface area contributed by atoms with Crippen LogP contribution < -0.4 is 10.6 Å². The molecule has 0 spiro atoms. The summed E-state index contributed by atoms with van der Waals surface area (Å²) in [6.07, 6.45) is 0.851. The molecule has 110 valence electrons. The number of amides is 2. The van der Waals surface area contributed by atoms with Crippen molar-refractivity contribution in [2.24, 2.45) is 5.92 Å². The third-order valence-corrected chi connectivity index (χ3v) is 3.68. The van der Waals surface area contributed by atoms with Crippen LogP contribution in [-0.2, 0) is 0 Å². The standard InChI is InChI=1S/C14H19BrN2O3/c1-4-11(8(2)3)16-14(20)17-12-6-5-9(13(18)19)7-10(12)15/h5-8,11H,4H2,1-3H3,(H,18,19)(H2,16,17,20). The first-order valence-electron chi connectivity index (χ1n) is 6.45. The number of hydrogen-bond acceptors (Lipinski definition) is 2. The highest BCUT2D eigenvalue weighted by Gasteiger charge is 2.15. The molecule has 0 aliphatic carbocycles. The number of carbonyl (C=O) groups is 2. The minimum atomic E-state index is -1.01. The molecule has 0 aliphatic heterocycles. The molecule has 0 fully saturated rings. The summed E-state index contributed by atoms with van der Waals surface area (Å²) in [5.41, 5.74) is 0.697. The maximum Gasteiger partial charge on any atom is 0.335 e. The van der Waals surface area contributed by atoms with E-state index in [4.69, 9.17) is 5.11 Å². The van der Waals surface area contributed by atoms with E-state index in [2.05, 4.69) is 26.6 Å². The lowest BCUT2D eigenvalue weighted by molar-refractivity contribution is 0.0697. The summed E-state index contributed by atoms with van der Waals surface area (Å²) in [6, 6.07) is 4.27. The smallest absolute Gasteiger partial charge is 0.335 e. The second-order valence-corrected chi connectivity index (χ2v) is 5.71. The first kappa shape index (κ1) is 16.5. The summed E-state index contributed by atoms with van der Waals surface area (Å²) in [4.78, 5) is 22.7. The first-order chi connectivity index (χ1) is 9.35. The zero-order valence-corrected chi connectivity index (χ0v) is 13.3. The van der Waals surface area contributed by atoms with Gasteiger partial charge in [0.2, 0.25) is 0 Å². The van der Waals surface area contributed by atoms with Crippen molar-refractivity contribution in [2.45, 2.75) is 33.2 Å². The molecule has 6 heteroatoms. The number of nitrogens with one attached hydrogen (secondary N) is 2. The zero-order chi connectivity index (χ0) is 15.3. The summed E-state index contributed by atoms with van der Waals surface area (Å²) in [5.74, 6) is -0.656. The molecule has 2 amide bonds. The monoisotopic (exact) mass is 342 g/mol. The van der Waals surface area contributed by atoms with E-state index in [0.717, 1.165) is 6.42 Å². The molecule has 0 aliphatic rings. The highest BCUT2D eigenvalue weighted by molar-refractivity contribution is 9.10. The van der Waals surface area contributed by atoms with Crippen molar-refractivity contribution in [1.29, 1.82) is 0 Å². The Morgan fingerprint density at radius 3 is 2.45 bits per heavy atom. The van der Waals surface area contributed by atoms with E-state index in [0.29, 0.717) is 16.1 Å². The van der Waals surface area contributed by atoms with Crippen molar-refractivity contribution in [1.82, 2.24) is 5.32 Å². The third kappa shape index (κ3) is 4.52. The quantitative estimate of drug-likeness (QED) is 0.763. The number of hydrogen-bond donors (Lipinski definition) is 3. The van der Waals surface area contributed by atoms with Crippen LogP contribution >= 0.6 is 15.9 Å². The van der Waals surface area contributed by atoms with Crippen molar-refractivity contribution in [3.8, 4) is 0 Å². The van der Waals surface area contributed by atoms with Crippen molar-refractivity contribution >= 4 is 33.6 Å². The molecule has 5 nitrogen and oxygen atoms in total. The molecule has 0 bridgehead atoms. The van der Waals surface area contributed by atoms with Crippen LogP contribution in [0.15, 0.2) is 22.7 Å². The molecule has 0 aromatic heterocycles. The van der Waals surface area contributed by atoms with Crippen LogP contribution in [0.2, 0.25) is 0 Å². The molecule has 1 unspecified atom stereocenters. The maximum atomic E-state index is 11.9. The van der Waals surface area contributed by atoms with Gasteiger partial charge in [0.25, 0.3) is 0 Å². The average Bonchev–Trinajstić information content (AvgIpc) is 2.37. The molecule has 1 aromatic carbocycles. The van der Waals surface area contributed by atoms with Gasteiger partial charge in [0.1, 0.15) is 0 Å². The topological polar surface area (TPSA) is 78.4 Å². The fourth-order valence-electron chi connectivity index (χ4n) is 1.82. The number of carbonyl (C=O) groups excluding carboxylic acids is 1. The SMILES string of the molecule is CCC(NC(=O)Nc1ccc(C(=O)O)cc1Br)C(C)C. The predicted octanol–water partition coefficient (Wildman–Crippen LogP) is 3.70. The van der Waals surface area contributed by atoms with Crippen molar-refractivity contribution < 1.29 is 14.7 Å². The highest BCUT2D eigenvalue weighted by atomic mass is 79.9. The van der Waals surface area contributed by atoms with E-state index in [-0.39, 0.29) is 17.6 Å². The predicted molar refractivity (Wildman–Crippen MR) is 82.2 cm³/mol. The summed E-state index contributed by atoms with van der Waals surface area (Å²) in [6.45, 7) is 6.11. The Bertz CT molecular complexity index is 503. The number of anilines is 1. The minimum Gasteiger partial charge on any atom is -0.478 e. The van der Waals surface area contributed by atoms with Gasteiger partial charge in [-0.1, -0.05) is 20.8 Å². The number of carboxylic acids is 1. The van der Waals surface area contributed by atoms with Crippen LogP contribution in [0, 0.1) is 5.92 Å². The fraction of sp³-hybridized carbons (Fsp3) is 0.429. The zero-order valence-electron chi connectivity index (χ0n) is 11.7. The van der Waals surface area contributed by atoms with Gasteiger partial charge < -0.3 is 15.7 Å². The Morgan fingerprint density at radius 1 is 1.35 bits per heavy atom. The van der Waals surface area contributed by atoms with Crippen LogP contribution in [0.25, 0.3) is 0 Å². The van der Waals surface area contributed by atoms with Gasteiger partial charge in [-0.3, -0.25) is 0 Å². The lowest BCUT2D eigenvalue weighted by Gasteiger charge is -2.21. The number of aromatic carboxylic acids is 1. The molecule has 20 heavy (non-hydrogen) atoms. The van der Waals surface area contributed by atoms with Gasteiger partial charge in [-0.25, -0.2) is 9.59 Å². The first-order valence-corrected chi connectivity index (χ1v) is 7.24. The van der Waals surface area contributed by atoms with E-state index >= 15 is 0 Å². The molecule has 0 saturated heterocycles. The largest absolute Gasteiger partial charge is 0.478 e. The highest BCUT2D eigenvalue weighted by Crippen LogP contribution is 2.23. The van der Waals surface area contributed by atoms with Crippen molar-refractivity contribution in [2.75, 3.05) is 5.32 Å². The molecule has 0 saturated carbocycles. The average molecular weight is 343 g/mol. The number of benzene rings is 1. The van der Waals surface area contributed by atoms with E-state index in [1.807, 2.05) is 20.8 Å². The van der Waals surface area contributed by atoms with Crippen molar-refractivity contribution in [3.63, 3.8) is 0 Å². The summed E-state index contributed by atoms with van der Waals surface area (Å²) in [5, 5.41) is 14.5. The number of halogens is 1. The van der Waals surface area contributed by atoms with Crippen molar-refractivity contribution in [3.05, 3.63) is 28.2 Å². The Labute approximate surface area is 126 Å². The number of urea groups is 1. The van der Waals surface area contributed by atoms with Gasteiger partial charge in [-0.2, -0.15) is 0 Å². The minimum absolute atomic E-state index is 0.104. The Hall–Kier alpha value is -1.56. The summed E-state index contributed by atoms with van der Waals surface area (Å²) >= 11 is 3.25. The van der Waals surface area contributed by atoms with Crippen LogP contribution in [0.4, 0.5) is 10.5 Å². The molecular weight excluding hydrogens is 324 g/mol. The molecule has 0 heterocycles. The third-order valence-electron chi connectivity index (χ3n) is 3.03. The van der Waals surface area contributed by atoms with Gasteiger partial charge in [-0.05, 0) is 46.5 Å². The lowest BCUT2D eigenvalue weighted by atomic mass is 10.0. The van der Waals surface area contributed by atoms with E-state index in [9.17, 15) is 9.59 Å². The fourth-order valence-corrected chi connectivity index (χ4v) is 2.29. The molecule has 1 rings (SSSR count). The van der Waals surface area contributed by atoms with E-state index in [1.165, 1.54) is 12.1 Å². The molecule has 1 aromatic rings. The molecule has 3 N–H and O–H groups in total. The van der Waals surface area contributed by atoms with Gasteiger partial charge in [0.15, 0.2) is 0 Å². The van der Waals surface area contributed by atoms with E-state index in [1.54, 1.807) is 6.07 Å². The van der Waals surface area contributed by atoms with Crippen LogP contribution in [0.3, 0.4) is 0 Å². The Kier molecular flexibility index (Phi) is 6.01.